The number of carbonyl (C=O) groups excluding carboxylic acids is 1. The SMILES string of the molecule is O=C(O)CCCCCCCNC(=O)Cn1c(=O)[nH]c2ccccc21. The minimum atomic E-state index is -0.755. The molecule has 0 spiro atoms. The molecule has 0 aliphatic heterocycles. The Balaban J connectivity index is 1.67. The van der Waals surface area contributed by atoms with Crippen LogP contribution < -0.4 is 11.0 Å². The van der Waals surface area contributed by atoms with Crippen molar-refractivity contribution < 1.29 is 14.7 Å². The van der Waals surface area contributed by atoms with Gasteiger partial charge in [-0.05, 0) is 25.0 Å². The average molecular weight is 333 g/mol. The molecule has 24 heavy (non-hydrogen) atoms. The monoisotopic (exact) mass is 333 g/mol. The lowest BCUT2D eigenvalue weighted by Crippen LogP contribution is -2.31. The standard InChI is InChI=1S/C17H23N3O4/c21-15(18-11-7-3-1-2-4-10-16(22)23)12-20-14-9-6-5-8-13(14)19-17(20)24/h5-6,8-9H,1-4,7,10-12H2,(H,18,21)(H,19,24)(H,22,23). The summed E-state index contributed by atoms with van der Waals surface area (Å²) >= 11 is 0. The van der Waals surface area contributed by atoms with Crippen molar-refractivity contribution in [1.82, 2.24) is 14.9 Å². The Morgan fingerprint density at radius 3 is 2.58 bits per heavy atom. The molecule has 1 aromatic heterocycles. The topological polar surface area (TPSA) is 104 Å². The van der Waals surface area contributed by atoms with Gasteiger partial charge in [-0.15, -0.1) is 0 Å². The molecule has 7 nitrogen and oxygen atoms in total. The summed E-state index contributed by atoms with van der Waals surface area (Å²) < 4.78 is 1.43. The lowest BCUT2D eigenvalue weighted by atomic mass is 10.1. The van der Waals surface area contributed by atoms with Gasteiger partial charge in [-0.25, -0.2) is 4.79 Å². The molecule has 0 aliphatic rings. The van der Waals surface area contributed by atoms with Gasteiger partial charge < -0.3 is 15.4 Å². The number of para-hydroxylation sites is 2. The summed E-state index contributed by atoms with van der Waals surface area (Å²) in [4.78, 5) is 36.9. The predicted octanol–water partition coefficient (Wildman–Crippen LogP) is 1.87. The maximum atomic E-state index is 12.0. The van der Waals surface area contributed by atoms with Crippen molar-refractivity contribution in [1.29, 1.82) is 0 Å². The molecular formula is C17H23N3O4. The third kappa shape index (κ3) is 5.26. The lowest BCUT2D eigenvalue weighted by molar-refractivity contribution is -0.137. The number of nitrogens with zero attached hydrogens (tertiary/aromatic N) is 1. The number of aromatic nitrogens is 2. The van der Waals surface area contributed by atoms with Crippen molar-refractivity contribution in [3.8, 4) is 0 Å². The van der Waals surface area contributed by atoms with Crippen LogP contribution in [0.25, 0.3) is 11.0 Å². The summed E-state index contributed by atoms with van der Waals surface area (Å²) in [5.41, 5.74) is 1.15. The number of aromatic amines is 1. The first-order valence-electron chi connectivity index (χ1n) is 8.24. The maximum Gasteiger partial charge on any atom is 0.326 e. The Hall–Kier alpha value is -2.57. The molecule has 1 aromatic carbocycles. The Kier molecular flexibility index (Phi) is 6.60. The number of rotatable bonds is 10. The van der Waals surface area contributed by atoms with Gasteiger partial charge in [0.2, 0.25) is 5.91 Å². The van der Waals surface area contributed by atoms with E-state index in [0.717, 1.165) is 36.7 Å². The molecule has 2 aromatic rings. The number of nitrogens with one attached hydrogen (secondary N) is 2. The largest absolute Gasteiger partial charge is 0.481 e. The number of hydrogen-bond donors (Lipinski definition) is 3. The van der Waals surface area contributed by atoms with Gasteiger partial charge in [0.1, 0.15) is 6.54 Å². The number of carboxylic acid groups (broad SMARTS) is 1. The van der Waals surface area contributed by atoms with Gasteiger partial charge in [0.15, 0.2) is 0 Å². The van der Waals surface area contributed by atoms with Crippen molar-refractivity contribution >= 4 is 22.9 Å². The number of hydrogen-bond acceptors (Lipinski definition) is 3. The molecule has 2 rings (SSSR count). The zero-order chi connectivity index (χ0) is 17.4. The van der Waals surface area contributed by atoms with E-state index in [1.165, 1.54) is 4.57 Å². The van der Waals surface area contributed by atoms with Crippen LogP contribution in [0.15, 0.2) is 29.1 Å². The van der Waals surface area contributed by atoms with E-state index in [0.29, 0.717) is 13.0 Å². The smallest absolute Gasteiger partial charge is 0.326 e. The Labute approximate surface area is 139 Å². The molecule has 0 saturated carbocycles. The minimum Gasteiger partial charge on any atom is -0.481 e. The molecule has 0 atom stereocenters. The van der Waals surface area contributed by atoms with Crippen LogP contribution in [-0.2, 0) is 16.1 Å². The van der Waals surface area contributed by atoms with Crippen molar-refractivity contribution in [2.24, 2.45) is 0 Å². The highest BCUT2D eigenvalue weighted by atomic mass is 16.4. The molecule has 0 fully saturated rings. The summed E-state index contributed by atoms with van der Waals surface area (Å²) in [7, 11) is 0. The van der Waals surface area contributed by atoms with Gasteiger partial charge in [-0.3, -0.25) is 14.2 Å². The summed E-state index contributed by atoms with van der Waals surface area (Å²) in [5, 5.41) is 11.3. The van der Waals surface area contributed by atoms with Crippen molar-refractivity contribution in [3.05, 3.63) is 34.7 Å². The van der Waals surface area contributed by atoms with Crippen LogP contribution in [0.1, 0.15) is 38.5 Å². The van der Waals surface area contributed by atoms with Gasteiger partial charge in [-0.1, -0.05) is 31.4 Å². The number of benzene rings is 1. The molecular weight excluding hydrogens is 310 g/mol. The quantitative estimate of drug-likeness (QED) is 0.577. The van der Waals surface area contributed by atoms with Crippen molar-refractivity contribution in [2.75, 3.05) is 6.54 Å². The van der Waals surface area contributed by atoms with Crippen LogP contribution in [0.2, 0.25) is 0 Å². The van der Waals surface area contributed by atoms with Crippen LogP contribution in [0.4, 0.5) is 0 Å². The summed E-state index contributed by atoms with van der Waals surface area (Å²) in [5.74, 6) is -0.942. The molecule has 130 valence electrons. The lowest BCUT2D eigenvalue weighted by Gasteiger charge is -2.06. The number of unbranched alkanes of at least 4 members (excludes halogenated alkanes) is 4. The first kappa shape index (κ1) is 17.8. The number of imidazole rings is 1. The van der Waals surface area contributed by atoms with Crippen LogP contribution in [0.5, 0.6) is 0 Å². The van der Waals surface area contributed by atoms with Gasteiger partial charge >= 0.3 is 11.7 Å². The number of carboxylic acids is 1. The molecule has 3 N–H and O–H groups in total. The summed E-state index contributed by atoms with van der Waals surface area (Å²) in [6.07, 6.45) is 4.58. The van der Waals surface area contributed by atoms with E-state index < -0.39 is 5.97 Å². The molecule has 0 unspecified atom stereocenters. The second-order valence-corrected chi connectivity index (χ2v) is 5.79. The van der Waals surface area contributed by atoms with Crippen LogP contribution in [-0.4, -0.2) is 33.1 Å². The summed E-state index contributed by atoms with van der Waals surface area (Å²) in [6.45, 7) is 0.566. The average Bonchev–Trinajstić information content (AvgIpc) is 2.85. The highest BCUT2D eigenvalue weighted by Gasteiger charge is 2.09. The van der Waals surface area contributed by atoms with Crippen LogP contribution >= 0.6 is 0 Å². The van der Waals surface area contributed by atoms with E-state index in [1.807, 2.05) is 12.1 Å². The molecule has 0 aliphatic carbocycles. The van der Waals surface area contributed by atoms with Gasteiger partial charge in [0.25, 0.3) is 0 Å². The van der Waals surface area contributed by atoms with Gasteiger partial charge in [0.05, 0.1) is 11.0 Å². The molecule has 0 saturated heterocycles. The van der Waals surface area contributed by atoms with Gasteiger partial charge in [-0.2, -0.15) is 0 Å². The molecule has 1 amide bonds. The number of amides is 1. The Morgan fingerprint density at radius 1 is 1.08 bits per heavy atom. The normalized spacial score (nSPS) is 10.8. The highest BCUT2D eigenvalue weighted by Crippen LogP contribution is 2.08. The van der Waals surface area contributed by atoms with E-state index in [-0.39, 0.29) is 24.6 Å². The number of H-pyrrole nitrogens is 1. The zero-order valence-corrected chi connectivity index (χ0v) is 13.6. The third-order valence-corrected chi connectivity index (χ3v) is 3.87. The number of fused-ring (bicyclic) bond motifs is 1. The second kappa shape index (κ2) is 8.90. The van der Waals surface area contributed by atoms with Crippen molar-refractivity contribution in [2.45, 2.75) is 45.1 Å². The van der Waals surface area contributed by atoms with Crippen LogP contribution in [0, 0.1) is 0 Å². The first-order valence-corrected chi connectivity index (χ1v) is 8.24. The molecule has 0 radical (unpaired) electrons. The number of aliphatic carboxylic acids is 1. The van der Waals surface area contributed by atoms with E-state index >= 15 is 0 Å². The third-order valence-electron chi connectivity index (χ3n) is 3.87. The minimum absolute atomic E-state index is 0.00145. The second-order valence-electron chi connectivity index (χ2n) is 5.79. The highest BCUT2D eigenvalue weighted by molar-refractivity contribution is 5.80. The van der Waals surface area contributed by atoms with E-state index in [2.05, 4.69) is 10.3 Å². The Morgan fingerprint density at radius 2 is 1.79 bits per heavy atom. The fourth-order valence-electron chi connectivity index (χ4n) is 2.62. The molecule has 1 heterocycles. The number of carbonyl (C=O) groups is 2. The fraction of sp³-hybridized carbons (Fsp3) is 0.471. The first-order chi connectivity index (χ1) is 11.6. The van der Waals surface area contributed by atoms with E-state index in [9.17, 15) is 14.4 Å². The van der Waals surface area contributed by atoms with Crippen molar-refractivity contribution in [3.63, 3.8) is 0 Å². The predicted molar refractivity (Wildman–Crippen MR) is 90.9 cm³/mol. The van der Waals surface area contributed by atoms with E-state index in [1.54, 1.807) is 12.1 Å². The van der Waals surface area contributed by atoms with E-state index in [4.69, 9.17) is 5.11 Å². The maximum absolute atomic E-state index is 12.0. The zero-order valence-electron chi connectivity index (χ0n) is 13.6. The van der Waals surface area contributed by atoms with Crippen LogP contribution in [0.3, 0.4) is 0 Å². The molecule has 7 heteroatoms. The fourth-order valence-corrected chi connectivity index (χ4v) is 2.62. The Bertz CT molecular complexity index is 748. The molecule has 0 bridgehead atoms. The summed E-state index contributed by atoms with van der Waals surface area (Å²) in [6, 6.07) is 7.26. The van der Waals surface area contributed by atoms with Gasteiger partial charge in [0, 0.05) is 13.0 Å².